The molecule has 2 saturated heterocycles. The van der Waals surface area contributed by atoms with Gasteiger partial charge in [-0.2, -0.15) is 5.26 Å². The summed E-state index contributed by atoms with van der Waals surface area (Å²) in [5.74, 6) is 0.743. The summed E-state index contributed by atoms with van der Waals surface area (Å²) >= 11 is 6.23. The number of nitriles is 1. The molecular formula is C13H16ClN5. The second-order valence-corrected chi connectivity index (χ2v) is 5.32. The molecule has 19 heavy (non-hydrogen) atoms. The molecule has 2 fully saturated rings. The summed E-state index contributed by atoms with van der Waals surface area (Å²) in [7, 11) is 0. The van der Waals surface area contributed by atoms with Crippen LogP contribution in [0, 0.1) is 11.3 Å². The van der Waals surface area contributed by atoms with Crippen LogP contribution in [0.1, 0.15) is 5.56 Å². The van der Waals surface area contributed by atoms with Crippen molar-refractivity contribution in [3.05, 3.63) is 22.8 Å². The standard InChI is InChI=1S/C13H16ClN5/c14-12-10(7-15)1-2-17-13(12)19-5-3-18(4-6-19)11-8-16-9-11/h1-2,11,16H,3-6,8-9H2. The number of aromatic nitrogens is 1. The molecule has 0 saturated carbocycles. The monoisotopic (exact) mass is 277 g/mol. The minimum atomic E-state index is 0.476. The van der Waals surface area contributed by atoms with Crippen molar-refractivity contribution in [2.75, 3.05) is 44.2 Å². The highest BCUT2D eigenvalue weighted by molar-refractivity contribution is 6.34. The van der Waals surface area contributed by atoms with Gasteiger partial charge in [-0.15, -0.1) is 0 Å². The number of piperazine rings is 1. The first kappa shape index (κ1) is 12.7. The molecule has 3 rings (SSSR count). The normalized spacial score (nSPS) is 20.9. The molecule has 3 heterocycles. The van der Waals surface area contributed by atoms with E-state index in [1.807, 2.05) is 0 Å². The van der Waals surface area contributed by atoms with Gasteiger partial charge in [0.2, 0.25) is 0 Å². The first-order chi connectivity index (χ1) is 9.29. The third-order valence-corrected chi connectivity index (χ3v) is 4.25. The fraction of sp³-hybridized carbons (Fsp3) is 0.538. The molecule has 0 spiro atoms. The van der Waals surface area contributed by atoms with E-state index in [-0.39, 0.29) is 0 Å². The molecule has 1 aromatic heterocycles. The molecule has 0 aliphatic carbocycles. The molecular weight excluding hydrogens is 262 g/mol. The van der Waals surface area contributed by atoms with Crippen LogP contribution in [0.3, 0.4) is 0 Å². The Labute approximate surface area is 117 Å². The maximum atomic E-state index is 9.00. The van der Waals surface area contributed by atoms with Crippen LogP contribution in [0.4, 0.5) is 5.82 Å². The third kappa shape index (κ3) is 2.39. The Balaban J connectivity index is 1.69. The number of halogens is 1. The van der Waals surface area contributed by atoms with E-state index >= 15 is 0 Å². The van der Waals surface area contributed by atoms with Gasteiger partial charge in [-0.25, -0.2) is 4.98 Å². The number of hydrogen-bond acceptors (Lipinski definition) is 5. The number of nitrogens with one attached hydrogen (secondary N) is 1. The Kier molecular flexibility index (Phi) is 3.56. The summed E-state index contributed by atoms with van der Waals surface area (Å²) in [4.78, 5) is 9.01. The first-order valence-electron chi connectivity index (χ1n) is 6.54. The van der Waals surface area contributed by atoms with Crippen molar-refractivity contribution in [2.45, 2.75) is 6.04 Å². The van der Waals surface area contributed by atoms with Crippen molar-refractivity contribution < 1.29 is 0 Å². The van der Waals surface area contributed by atoms with Gasteiger partial charge >= 0.3 is 0 Å². The van der Waals surface area contributed by atoms with Crippen LogP contribution in [0.15, 0.2) is 12.3 Å². The highest BCUT2D eigenvalue weighted by Gasteiger charge is 2.28. The van der Waals surface area contributed by atoms with E-state index in [0.717, 1.165) is 45.1 Å². The summed E-state index contributed by atoms with van der Waals surface area (Å²) < 4.78 is 0. The van der Waals surface area contributed by atoms with Crippen molar-refractivity contribution in [1.29, 1.82) is 5.26 Å². The van der Waals surface area contributed by atoms with Crippen molar-refractivity contribution in [3.8, 4) is 6.07 Å². The molecule has 2 aliphatic rings. The minimum absolute atomic E-state index is 0.476. The van der Waals surface area contributed by atoms with Crippen LogP contribution in [-0.4, -0.2) is 55.2 Å². The second-order valence-electron chi connectivity index (χ2n) is 4.94. The smallest absolute Gasteiger partial charge is 0.148 e. The quantitative estimate of drug-likeness (QED) is 0.862. The van der Waals surface area contributed by atoms with Crippen molar-refractivity contribution in [1.82, 2.24) is 15.2 Å². The molecule has 0 unspecified atom stereocenters. The van der Waals surface area contributed by atoms with E-state index in [4.69, 9.17) is 16.9 Å². The zero-order valence-corrected chi connectivity index (χ0v) is 11.4. The first-order valence-corrected chi connectivity index (χ1v) is 6.91. The van der Waals surface area contributed by atoms with E-state index in [0.29, 0.717) is 16.6 Å². The molecule has 0 bridgehead atoms. The van der Waals surface area contributed by atoms with Crippen molar-refractivity contribution in [3.63, 3.8) is 0 Å². The van der Waals surface area contributed by atoms with Crippen LogP contribution in [0.5, 0.6) is 0 Å². The Bertz CT molecular complexity index is 500. The highest BCUT2D eigenvalue weighted by Crippen LogP contribution is 2.27. The van der Waals surface area contributed by atoms with Crippen LogP contribution >= 0.6 is 11.6 Å². The van der Waals surface area contributed by atoms with E-state index < -0.39 is 0 Å². The predicted molar refractivity (Wildman–Crippen MR) is 74.4 cm³/mol. The average molecular weight is 278 g/mol. The molecule has 6 heteroatoms. The second kappa shape index (κ2) is 5.33. The third-order valence-electron chi connectivity index (χ3n) is 3.88. The molecule has 0 amide bonds. The summed E-state index contributed by atoms with van der Waals surface area (Å²) in [5, 5.41) is 12.8. The molecule has 100 valence electrons. The van der Waals surface area contributed by atoms with Gasteiger partial charge in [0.15, 0.2) is 0 Å². The molecule has 2 aliphatic heterocycles. The molecule has 1 N–H and O–H groups in total. The number of pyridine rings is 1. The minimum Gasteiger partial charge on any atom is -0.353 e. The van der Waals surface area contributed by atoms with Crippen LogP contribution in [0.25, 0.3) is 0 Å². The van der Waals surface area contributed by atoms with Gasteiger partial charge in [0.05, 0.1) is 5.56 Å². The topological polar surface area (TPSA) is 55.2 Å². The summed E-state index contributed by atoms with van der Waals surface area (Å²) in [6, 6.07) is 4.45. The van der Waals surface area contributed by atoms with Crippen molar-refractivity contribution in [2.24, 2.45) is 0 Å². The zero-order chi connectivity index (χ0) is 13.2. The Morgan fingerprint density at radius 3 is 2.63 bits per heavy atom. The fourth-order valence-corrected chi connectivity index (χ4v) is 2.84. The van der Waals surface area contributed by atoms with Gasteiger partial charge in [-0.05, 0) is 6.07 Å². The maximum absolute atomic E-state index is 9.00. The summed E-state index contributed by atoms with van der Waals surface area (Å²) in [6.45, 7) is 6.09. The number of anilines is 1. The summed E-state index contributed by atoms with van der Waals surface area (Å²) in [6.07, 6.45) is 1.65. The maximum Gasteiger partial charge on any atom is 0.148 e. The van der Waals surface area contributed by atoms with E-state index in [1.165, 1.54) is 0 Å². The predicted octanol–water partition coefficient (Wildman–Crippen LogP) is 0.700. The van der Waals surface area contributed by atoms with Gasteiger partial charge < -0.3 is 10.2 Å². The Morgan fingerprint density at radius 2 is 2.05 bits per heavy atom. The van der Waals surface area contributed by atoms with Gasteiger partial charge in [0, 0.05) is 51.5 Å². The average Bonchev–Trinajstić information content (AvgIpc) is 2.38. The lowest BCUT2D eigenvalue weighted by molar-refractivity contribution is 0.137. The van der Waals surface area contributed by atoms with Crippen LogP contribution in [0.2, 0.25) is 5.02 Å². The number of nitrogens with zero attached hydrogens (tertiary/aromatic N) is 4. The Hall–Kier alpha value is -1.35. The van der Waals surface area contributed by atoms with E-state index in [1.54, 1.807) is 12.3 Å². The van der Waals surface area contributed by atoms with Crippen molar-refractivity contribution >= 4 is 17.4 Å². The molecule has 0 radical (unpaired) electrons. The number of rotatable bonds is 2. The van der Waals surface area contributed by atoms with Gasteiger partial charge in [-0.1, -0.05) is 11.6 Å². The van der Waals surface area contributed by atoms with Gasteiger partial charge in [0.25, 0.3) is 0 Å². The number of hydrogen-bond donors (Lipinski definition) is 1. The van der Waals surface area contributed by atoms with Crippen LogP contribution in [-0.2, 0) is 0 Å². The lowest BCUT2D eigenvalue weighted by Gasteiger charge is -2.43. The highest BCUT2D eigenvalue weighted by atomic mass is 35.5. The zero-order valence-electron chi connectivity index (χ0n) is 10.6. The molecule has 0 aromatic carbocycles. The van der Waals surface area contributed by atoms with E-state index in [9.17, 15) is 0 Å². The fourth-order valence-electron chi connectivity index (χ4n) is 2.57. The molecule has 1 aromatic rings. The Morgan fingerprint density at radius 1 is 1.32 bits per heavy atom. The summed E-state index contributed by atoms with van der Waals surface area (Å²) in [5.41, 5.74) is 0.497. The van der Waals surface area contributed by atoms with Gasteiger partial charge in [-0.3, -0.25) is 4.90 Å². The molecule has 5 nitrogen and oxygen atoms in total. The SMILES string of the molecule is N#Cc1ccnc(N2CCN(C3CNC3)CC2)c1Cl. The van der Waals surface area contributed by atoms with Crippen LogP contribution < -0.4 is 10.2 Å². The molecule has 0 atom stereocenters. The lowest BCUT2D eigenvalue weighted by Crippen LogP contribution is -2.61. The van der Waals surface area contributed by atoms with E-state index in [2.05, 4.69) is 26.2 Å². The lowest BCUT2D eigenvalue weighted by atomic mass is 10.1. The van der Waals surface area contributed by atoms with Gasteiger partial charge in [0.1, 0.15) is 16.9 Å². The largest absolute Gasteiger partial charge is 0.353 e.